The Balaban J connectivity index is 0.00000280. The summed E-state index contributed by atoms with van der Waals surface area (Å²) in [5.74, 6) is 0.265. The summed E-state index contributed by atoms with van der Waals surface area (Å²) >= 11 is 5.99. The highest BCUT2D eigenvalue weighted by Crippen LogP contribution is 2.26. The molecule has 1 aliphatic carbocycles. The lowest BCUT2D eigenvalue weighted by Gasteiger charge is -2.27. The van der Waals surface area contributed by atoms with Crippen molar-refractivity contribution in [3.05, 3.63) is 64.2 Å². The van der Waals surface area contributed by atoms with Gasteiger partial charge in [-0.05, 0) is 60.2 Å². The van der Waals surface area contributed by atoms with E-state index in [-0.39, 0.29) is 25.1 Å². The SMILES string of the molecule is COC(=O)COc1ccc2c(c1)CC(NCC(O)c1cccc(Cl)c1)CC2.Cl. The molecule has 1 aliphatic rings. The minimum absolute atomic E-state index is 0. The molecule has 2 N–H and O–H groups in total. The van der Waals surface area contributed by atoms with Gasteiger partial charge in [-0.3, -0.25) is 0 Å². The van der Waals surface area contributed by atoms with Crippen LogP contribution in [0.25, 0.3) is 0 Å². The molecular formula is C21H25Cl2NO4. The highest BCUT2D eigenvalue weighted by atomic mass is 35.5. The lowest BCUT2D eigenvalue weighted by atomic mass is 9.88. The number of esters is 1. The first-order valence-electron chi connectivity index (χ1n) is 9.03. The third-order valence-corrected chi connectivity index (χ3v) is 5.06. The molecule has 0 saturated carbocycles. The first kappa shape index (κ1) is 22.5. The minimum Gasteiger partial charge on any atom is -0.482 e. The number of methoxy groups -OCH3 is 1. The predicted molar refractivity (Wildman–Crippen MR) is 111 cm³/mol. The molecule has 28 heavy (non-hydrogen) atoms. The van der Waals surface area contributed by atoms with E-state index in [0.717, 1.165) is 24.8 Å². The number of aryl methyl sites for hydroxylation is 1. The monoisotopic (exact) mass is 425 g/mol. The second-order valence-corrected chi connectivity index (χ2v) is 7.15. The van der Waals surface area contributed by atoms with Gasteiger partial charge in [0.05, 0.1) is 13.2 Å². The van der Waals surface area contributed by atoms with Crippen LogP contribution in [0.3, 0.4) is 0 Å². The van der Waals surface area contributed by atoms with Crippen molar-refractivity contribution >= 4 is 30.0 Å². The van der Waals surface area contributed by atoms with E-state index in [1.807, 2.05) is 24.3 Å². The molecule has 7 heteroatoms. The number of hydrogen-bond donors (Lipinski definition) is 2. The van der Waals surface area contributed by atoms with E-state index in [9.17, 15) is 9.90 Å². The van der Waals surface area contributed by atoms with Gasteiger partial charge in [0.15, 0.2) is 6.61 Å². The Labute approximate surface area is 176 Å². The first-order valence-corrected chi connectivity index (χ1v) is 9.41. The van der Waals surface area contributed by atoms with Crippen LogP contribution in [0.2, 0.25) is 5.02 Å². The maximum atomic E-state index is 11.2. The highest BCUT2D eigenvalue weighted by Gasteiger charge is 2.20. The highest BCUT2D eigenvalue weighted by molar-refractivity contribution is 6.30. The Morgan fingerprint density at radius 2 is 2.11 bits per heavy atom. The summed E-state index contributed by atoms with van der Waals surface area (Å²) in [5.41, 5.74) is 3.32. The Kier molecular flexibility index (Phi) is 8.58. The van der Waals surface area contributed by atoms with Gasteiger partial charge in [-0.25, -0.2) is 4.79 Å². The van der Waals surface area contributed by atoms with Crippen LogP contribution in [-0.4, -0.2) is 37.4 Å². The molecule has 2 aromatic carbocycles. The number of rotatable bonds is 7. The largest absolute Gasteiger partial charge is 0.482 e. The van der Waals surface area contributed by atoms with Crippen molar-refractivity contribution in [3.8, 4) is 5.75 Å². The normalized spacial score (nSPS) is 16.5. The Morgan fingerprint density at radius 1 is 1.29 bits per heavy atom. The summed E-state index contributed by atoms with van der Waals surface area (Å²) in [6.45, 7) is 0.377. The van der Waals surface area contributed by atoms with Gasteiger partial charge in [0.2, 0.25) is 0 Å². The number of ether oxygens (including phenoxy) is 2. The summed E-state index contributed by atoms with van der Waals surface area (Å²) in [4.78, 5) is 11.2. The van der Waals surface area contributed by atoms with Crippen LogP contribution in [0.5, 0.6) is 5.75 Å². The quantitative estimate of drug-likeness (QED) is 0.664. The fourth-order valence-electron chi connectivity index (χ4n) is 3.31. The van der Waals surface area contributed by atoms with Gasteiger partial charge in [-0.1, -0.05) is 29.8 Å². The Hall–Kier alpha value is -1.79. The van der Waals surface area contributed by atoms with Crippen molar-refractivity contribution in [2.75, 3.05) is 20.3 Å². The van der Waals surface area contributed by atoms with Crippen molar-refractivity contribution < 1.29 is 19.4 Å². The second kappa shape index (κ2) is 10.7. The lowest BCUT2D eigenvalue weighted by molar-refractivity contribution is -0.142. The summed E-state index contributed by atoms with van der Waals surface area (Å²) in [6, 6.07) is 13.5. The van der Waals surface area contributed by atoms with Crippen LogP contribution in [0.15, 0.2) is 42.5 Å². The van der Waals surface area contributed by atoms with E-state index in [4.69, 9.17) is 16.3 Å². The molecule has 0 radical (unpaired) electrons. The van der Waals surface area contributed by atoms with Gasteiger partial charge in [0, 0.05) is 17.6 Å². The third kappa shape index (κ3) is 6.11. The molecule has 0 aliphatic heterocycles. The number of aliphatic hydroxyl groups is 1. The van der Waals surface area contributed by atoms with Gasteiger partial charge in [0.1, 0.15) is 5.75 Å². The molecule has 0 spiro atoms. The number of carbonyl (C=O) groups is 1. The topological polar surface area (TPSA) is 67.8 Å². The molecule has 0 saturated heterocycles. The van der Waals surface area contributed by atoms with Crippen molar-refractivity contribution in [2.45, 2.75) is 31.4 Å². The summed E-state index contributed by atoms with van der Waals surface area (Å²) in [5, 5.41) is 14.4. The van der Waals surface area contributed by atoms with Gasteiger partial charge < -0.3 is 19.9 Å². The summed E-state index contributed by atoms with van der Waals surface area (Å²) < 4.78 is 10.1. The van der Waals surface area contributed by atoms with Crippen LogP contribution < -0.4 is 10.1 Å². The van der Waals surface area contributed by atoms with Crippen LogP contribution in [-0.2, 0) is 22.4 Å². The van der Waals surface area contributed by atoms with Gasteiger partial charge in [-0.15, -0.1) is 12.4 Å². The number of nitrogens with one attached hydrogen (secondary N) is 1. The van der Waals surface area contributed by atoms with E-state index in [0.29, 0.717) is 17.3 Å². The molecule has 2 aromatic rings. The van der Waals surface area contributed by atoms with Crippen LogP contribution in [0, 0.1) is 0 Å². The molecule has 0 fully saturated rings. The molecule has 0 aromatic heterocycles. The zero-order chi connectivity index (χ0) is 19.2. The molecule has 2 atom stereocenters. The fourth-order valence-corrected chi connectivity index (χ4v) is 3.51. The third-order valence-electron chi connectivity index (χ3n) is 4.82. The van der Waals surface area contributed by atoms with Crippen LogP contribution >= 0.6 is 24.0 Å². The van der Waals surface area contributed by atoms with E-state index < -0.39 is 12.1 Å². The van der Waals surface area contributed by atoms with Crippen LogP contribution in [0.1, 0.15) is 29.2 Å². The van der Waals surface area contributed by atoms with Gasteiger partial charge in [0.25, 0.3) is 0 Å². The van der Waals surface area contributed by atoms with Crippen molar-refractivity contribution in [2.24, 2.45) is 0 Å². The smallest absolute Gasteiger partial charge is 0.343 e. The molecule has 5 nitrogen and oxygen atoms in total. The zero-order valence-electron chi connectivity index (χ0n) is 15.7. The maximum Gasteiger partial charge on any atom is 0.343 e. The number of halogens is 2. The maximum absolute atomic E-state index is 11.2. The van der Waals surface area contributed by atoms with E-state index >= 15 is 0 Å². The average Bonchev–Trinajstić information content (AvgIpc) is 2.69. The average molecular weight is 426 g/mol. The number of aliphatic hydroxyl groups excluding tert-OH is 1. The molecular weight excluding hydrogens is 401 g/mol. The first-order chi connectivity index (χ1) is 13.0. The molecule has 3 rings (SSSR count). The molecule has 0 heterocycles. The zero-order valence-corrected chi connectivity index (χ0v) is 17.3. The second-order valence-electron chi connectivity index (χ2n) is 6.71. The van der Waals surface area contributed by atoms with Crippen LogP contribution in [0.4, 0.5) is 0 Å². The molecule has 0 amide bonds. The minimum atomic E-state index is -0.597. The van der Waals surface area contributed by atoms with Gasteiger partial charge >= 0.3 is 5.97 Å². The van der Waals surface area contributed by atoms with E-state index in [1.165, 1.54) is 18.2 Å². The molecule has 152 valence electrons. The van der Waals surface area contributed by atoms with E-state index in [2.05, 4.69) is 16.1 Å². The number of benzene rings is 2. The lowest BCUT2D eigenvalue weighted by Crippen LogP contribution is -2.37. The summed E-state index contributed by atoms with van der Waals surface area (Å²) in [6.07, 6.45) is 2.24. The standard InChI is InChI=1S/C21H24ClNO4.ClH/c1-26-21(25)13-27-19-8-6-14-5-7-18(10-16(14)11-19)23-12-20(24)15-3-2-4-17(22)9-15;/h2-4,6,8-9,11,18,20,23-24H,5,7,10,12-13H2,1H3;1H. The Bertz CT molecular complexity index is 800. The molecule has 0 bridgehead atoms. The number of hydrogen-bond acceptors (Lipinski definition) is 5. The van der Waals surface area contributed by atoms with Crippen molar-refractivity contribution in [1.29, 1.82) is 0 Å². The number of fused-ring (bicyclic) bond motifs is 1. The van der Waals surface area contributed by atoms with Gasteiger partial charge in [-0.2, -0.15) is 0 Å². The van der Waals surface area contributed by atoms with E-state index in [1.54, 1.807) is 12.1 Å². The molecule has 2 unspecified atom stereocenters. The number of carbonyl (C=O) groups excluding carboxylic acids is 1. The fraction of sp³-hybridized carbons (Fsp3) is 0.381. The van der Waals surface area contributed by atoms with Crippen molar-refractivity contribution in [3.63, 3.8) is 0 Å². The Morgan fingerprint density at radius 3 is 2.86 bits per heavy atom. The summed E-state index contributed by atoms with van der Waals surface area (Å²) in [7, 11) is 1.34. The van der Waals surface area contributed by atoms with Crippen molar-refractivity contribution in [1.82, 2.24) is 5.32 Å². The predicted octanol–water partition coefficient (Wildman–Crippen LogP) is 3.49.